The summed E-state index contributed by atoms with van der Waals surface area (Å²) in [4.78, 5) is 10.9. The Kier molecular flexibility index (Phi) is 7.22. The first-order valence-electron chi connectivity index (χ1n) is 7.01. The summed E-state index contributed by atoms with van der Waals surface area (Å²) in [6.07, 6.45) is 8.87. The lowest BCUT2D eigenvalue weighted by Gasteiger charge is -2.21. The zero-order valence-electron chi connectivity index (χ0n) is 10.9. The van der Waals surface area contributed by atoms with E-state index in [9.17, 15) is 9.18 Å². The molecule has 0 amide bonds. The Balaban J connectivity index is 2.41. The van der Waals surface area contributed by atoms with Crippen LogP contribution in [-0.4, -0.2) is 18.2 Å². The van der Waals surface area contributed by atoms with Gasteiger partial charge in [-0.3, -0.25) is 4.79 Å². The predicted molar refractivity (Wildman–Crippen MR) is 66.6 cm³/mol. The van der Waals surface area contributed by atoms with Crippen molar-refractivity contribution in [1.29, 1.82) is 0 Å². The van der Waals surface area contributed by atoms with Crippen LogP contribution in [0.4, 0.5) is 4.39 Å². The van der Waals surface area contributed by atoms with E-state index in [1.165, 1.54) is 32.6 Å². The number of carbonyl (C=O) groups is 1. The molecule has 17 heavy (non-hydrogen) atoms. The molecule has 3 heteroatoms. The van der Waals surface area contributed by atoms with Crippen molar-refractivity contribution in [2.45, 2.75) is 83.4 Å². The SMILES string of the molecule is CC(=O)O[C@@H]1CCCCCCCCCC[C@@H]1F. The molecule has 0 aromatic carbocycles. The predicted octanol–water partition coefficient (Wildman–Crippen LogP) is 4.17. The summed E-state index contributed by atoms with van der Waals surface area (Å²) < 4.78 is 19.0. The maximum atomic E-state index is 13.9. The molecule has 1 fully saturated rings. The molecule has 1 aliphatic carbocycles. The van der Waals surface area contributed by atoms with Crippen LogP contribution in [0.15, 0.2) is 0 Å². The number of alkyl halides is 1. The summed E-state index contributed by atoms with van der Waals surface area (Å²) in [6, 6.07) is 0. The van der Waals surface area contributed by atoms with E-state index < -0.39 is 12.3 Å². The third kappa shape index (κ3) is 6.64. The first-order chi connectivity index (χ1) is 8.20. The van der Waals surface area contributed by atoms with Gasteiger partial charge in [0.25, 0.3) is 0 Å². The van der Waals surface area contributed by atoms with Crippen LogP contribution in [0.25, 0.3) is 0 Å². The van der Waals surface area contributed by atoms with E-state index in [0.29, 0.717) is 12.8 Å². The highest BCUT2D eigenvalue weighted by Crippen LogP contribution is 2.21. The zero-order chi connectivity index (χ0) is 12.5. The quantitative estimate of drug-likeness (QED) is 0.647. The summed E-state index contributed by atoms with van der Waals surface area (Å²) in [7, 11) is 0. The van der Waals surface area contributed by atoms with Gasteiger partial charge in [-0.25, -0.2) is 4.39 Å². The van der Waals surface area contributed by atoms with Gasteiger partial charge in [0.05, 0.1) is 0 Å². The van der Waals surface area contributed by atoms with Crippen molar-refractivity contribution < 1.29 is 13.9 Å². The molecule has 0 heterocycles. The molecule has 0 aromatic heterocycles. The van der Waals surface area contributed by atoms with Crippen molar-refractivity contribution in [1.82, 2.24) is 0 Å². The Morgan fingerprint density at radius 3 is 1.94 bits per heavy atom. The highest BCUT2D eigenvalue weighted by molar-refractivity contribution is 5.66. The molecule has 1 aliphatic rings. The van der Waals surface area contributed by atoms with E-state index in [1.807, 2.05) is 0 Å². The normalized spacial score (nSPS) is 28.8. The third-order valence-corrected chi connectivity index (χ3v) is 3.44. The number of rotatable bonds is 1. The maximum absolute atomic E-state index is 13.9. The lowest BCUT2D eigenvalue weighted by atomic mass is 9.98. The minimum absolute atomic E-state index is 0.357. The molecule has 1 saturated carbocycles. The van der Waals surface area contributed by atoms with Gasteiger partial charge in [-0.2, -0.15) is 0 Å². The molecule has 0 bridgehead atoms. The van der Waals surface area contributed by atoms with Crippen molar-refractivity contribution >= 4 is 5.97 Å². The smallest absolute Gasteiger partial charge is 0.303 e. The lowest BCUT2D eigenvalue weighted by Crippen LogP contribution is -2.27. The molecule has 0 unspecified atom stereocenters. The van der Waals surface area contributed by atoms with Crippen LogP contribution in [0, 0.1) is 0 Å². The zero-order valence-corrected chi connectivity index (χ0v) is 10.9. The Morgan fingerprint density at radius 2 is 1.41 bits per heavy atom. The summed E-state index contributed by atoms with van der Waals surface area (Å²) in [5, 5.41) is 0. The minimum atomic E-state index is -0.974. The van der Waals surface area contributed by atoms with Crippen LogP contribution in [0.5, 0.6) is 0 Å². The molecule has 1 rings (SSSR count). The average Bonchev–Trinajstić information content (AvgIpc) is 2.27. The molecule has 0 radical (unpaired) electrons. The van der Waals surface area contributed by atoms with E-state index in [-0.39, 0.29) is 5.97 Å². The van der Waals surface area contributed by atoms with E-state index in [0.717, 1.165) is 25.7 Å². The third-order valence-electron chi connectivity index (χ3n) is 3.44. The van der Waals surface area contributed by atoms with Gasteiger partial charge in [0.1, 0.15) is 12.3 Å². The van der Waals surface area contributed by atoms with Crippen molar-refractivity contribution in [3.8, 4) is 0 Å². The Labute approximate surface area is 104 Å². The Bertz CT molecular complexity index is 218. The van der Waals surface area contributed by atoms with Crippen LogP contribution in [0.1, 0.15) is 71.1 Å². The lowest BCUT2D eigenvalue weighted by molar-refractivity contribution is -0.150. The molecular weight excluding hydrogens is 219 g/mol. The standard InChI is InChI=1S/C14H25FO2/c1-12(16)17-14-11-9-7-5-3-2-4-6-8-10-13(14)15/h13-14H,2-11H2,1H3/t13-,14+/m0/s1. The highest BCUT2D eigenvalue weighted by Gasteiger charge is 2.23. The van der Waals surface area contributed by atoms with Gasteiger partial charge in [-0.05, 0) is 19.3 Å². The van der Waals surface area contributed by atoms with Crippen molar-refractivity contribution in [2.24, 2.45) is 0 Å². The van der Waals surface area contributed by atoms with Gasteiger partial charge in [0.15, 0.2) is 0 Å². The first kappa shape index (κ1) is 14.5. The van der Waals surface area contributed by atoms with Crippen LogP contribution in [-0.2, 0) is 9.53 Å². The fraction of sp³-hybridized carbons (Fsp3) is 0.929. The van der Waals surface area contributed by atoms with E-state index in [2.05, 4.69) is 0 Å². The van der Waals surface area contributed by atoms with Crippen molar-refractivity contribution in [2.75, 3.05) is 0 Å². The van der Waals surface area contributed by atoms with Crippen molar-refractivity contribution in [3.05, 3.63) is 0 Å². The van der Waals surface area contributed by atoms with E-state index in [4.69, 9.17) is 4.74 Å². The van der Waals surface area contributed by atoms with Crippen LogP contribution in [0.2, 0.25) is 0 Å². The average molecular weight is 244 g/mol. The fourth-order valence-electron chi connectivity index (χ4n) is 2.46. The molecular formula is C14H25FO2. The van der Waals surface area contributed by atoms with Gasteiger partial charge < -0.3 is 4.74 Å². The second-order valence-corrected chi connectivity index (χ2v) is 5.07. The summed E-state index contributed by atoms with van der Waals surface area (Å²) >= 11 is 0. The topological polar surface area (TPSA) is 26.3 Å². The van der Waals surface area contributed by atoms with Crippen LogP contribution >= 0.6 is 0 Å². The Morgan fingerprint density at radius 1 is 0.941 bits per heavy atom. The molecule has 0 spiro atoms. The Hall–Kier alpha value is -0.600. The second kappa shape index (κ2) is 8.48. The van der Waals surface area contributed by atoms with E-state index >= 15 is 0 Å². The molecule has 100 valence electrons. The highest BCUT2D eigenvalue weighted by atomic mass is 19.1. The first-order valence-corrected chi connectivity index (χ1v) is 7.01. The summed E-state index contributed by atoms with van der Waals surface area (Å²) in [6.45, 7) is 1.36. The van der Waals surface area contributed by atoms with Crippen LogP contribution < -0.4 is 0 Å². The van der Waals surface area contributed by atoms with Gasteiger partial charge in [0.2, 0.25) is 0 Å². The number of esters is 1. The maximum Gasteiger partial charge on any atom is 0.303 e. The molecule has 0 aromatic rings. The number of carbonyl (C=O) groups excluding carboxylic acids is 1. The molecule has 2 atom stereocenters. The largest absolute Gasteiger partial charge is 0.459 e. The number of hydrogen-bond acceptors (Lipinski definition) is 2. The summed E-state index contributed by atoms with van der Waals surface area (Å²) in [5.41, 5.74) is 0. The van der Waals surface area contributed by atoms with Gasteiger partial charge in [0, 0.05) is 6.92 Å². The van der Waals surface area contributed by atoms with E-state index in [1.54, 1.807) is 0 Å². The van der Waals surface area contributed by atoms with Gasteiger partial charge in [-0.15, -0.1) is 0 Å². The van der Waals surface area contributed by atoms with Crippen molar-refractivity contribution in [3.63, 3.8) is 0 Å². The monoisotopic (exact) mass is 244 g/mol. The number of ether oxygens (including phenoxy) is 1. The molecule has 0 aliphatic heterocycles. The van der Waals surface area contributed by atoms with Gasteiger partial charge >= 0.3 is 5.97 Å². The second-order valence-electron chi connectivity index (χ2n) is 5.07. The fourth-order valence-corrected chi connectivity index (χ4v) is 2.46. The molecule has 0 N–H and O–H groups in total. The molecule has 0 saturated heterocycles. The van der Waals surface area contributed by atoms with Gasteiger partial charge in [-0.1, -0.05) is 44.9 Å². The van der Waals surface area contributed by atoms with Crippen LogP contribution in [0.3, 0.4) is 0 Å². The number of hydrogen-bond donors (Lipinski definition) is 0. The minimum Gasteiger partial charge on any atom is -0.459 e. The number of halogens is 1. The molecule has 2 nitrogen and oxygen atoms in total. The summed E-state index contributed by atoms with van der Waals surface area (Å²) in [5.74, 6) is -0.357.